The van der Waals surface area contributed by atoms with Gasteiger partial charge < -0.3 is 19.3 Å². The second-order valence-electron chi connectivity index (χ2n) is 6.98. The molecule has 2 aromatic carbocycles. The largest absolute Gasteiger partial charge is 0.482 e. The van der Waals surface area contributed by atoms with Gasteiger partial charge in [0.1, 0.15) is 5.75 Å². The Morgan fingerprint density at radius 3 is 2.59 bits per heavy atom. The van der Waals surface area contributed by atoms with Crippen LogP contribution < -0.4 is 10.1 Å². The minimum atomic E-state index is -0.420. The van der Waals surface area contributed by atoms with Crippen molar-refractivity contribution in [3.63, 3.8) is 0 Å². The third-order valence-corrected chi connectivity index (χ3v) is 4.52. The van der Waals surface area contributed by atoms with E-state index in [-0.39, 0.29) is 6.61 Å². The number of aromatic nitrogens is 2. The molecule has 0 aliphatic rings. The van der Waals surface area contributed by atoms with Crippen molar-refractivity contribution in [3.05, 3.63) is 59.5 Å². The molecule has 0 atom stereocenters. The van der Waals surface area contributed by atoms with Gasteiger partial charge >= 0.3 is 5.97 Å². The minimum Gasteiger partial charge on any atom is -0.482 e. The van der Waals surface area contributed by atoms with Crippen LogP contribution in [0.15, 0.2) is 47.0 Å². The molecule has 0 aliphatic heterocycles. The number of nitrogens with zero attached hydrogens (tertiary/aromatic N) is 2. The first-order chi connectivity index (χ1) is 14.0. The third kappa shape index (κ3) is 5.34. The number of nitrogens with one attached hydrogen (secondary N) is 1. The van der Waals surface area contributed by atoms with Crippen molar-refractivity contribution in [2.75, 3.05) is 19.0 Å². The predicted octanol–water partition coefficient (Wildman–Crippen LogP) is 4.33. The Balaban J connectivity index is 1.60. The Morgan fingerprint density at radius 1 is 1.17 bits per heavy atom. The van der Waals surface area contributed by atoms with Crippen molar-refractivity contribution in [2.45, 2.75) is 33.2 Å². The van der Waals surface area contributed by atoms with Gasteiger partial charge in [0.25, 0.3) is 0 Å². The molecule has 152 valence electrons. The van der Waals surface area contributed by atoms with Crippen LogP contribution in [0.2, 0.25) is 0 Å². The van der Waals surface area contributed by atoms with Crippen molar-refractivity contribution in [2.24, 2.45) is 0 Å². The predicted molar refractivity (Wildman–Crippen MR) is 110 cm³/mol. The summed E-state index contributed by atoms with van der Waals surface area (Å²) in [7, 11) is 1.33. The molecule has 0 saturated carbocycles. The van der Waals surface area contributed by atoms with E-state index >= 15 is 0 Å². The van der Waals surface area contributed by atoms with Gasteiger partial charge in [-0.05, 0) is 42.2 Å². The molecule has 3 rings (SSSR count). The zero-order valence-corrected chi connectivity index (χ0v) is 17.1. The van der Waals surface area contributed by atoms with Crippen LogP contribution in [0, 0.1) is 6.92 Å². The van der Waals surface area contributed by atoms with E-state index in [1.807, 2.05) is 31.2 Å². The van der Waals surface area contributed by atoms with Gasteiger partial charge in [-0.15, -0.1) is 0 Å². The van der Waals surface area contributed by atoms with Crippen molar-refractivity contribution in [1.29, 1.82) is 0 Å². The molecule has 1 aromatic heterocycles. The second-order valence-corrected chi connectivity index (χ2v) is 6.98. The fourth-order valence-corrected chi connectivity index (χ4v) is 2.76. The number of rotatable bonds is 8. The van der Waals surface area contributed by atoms with E-state index in [1.54, 1.807) is 6.07 Å². The number of hydrogen-bond donors (Lipinski definition) is 1. The monoisotopic (exact) mass is 395 g/mol. The molecule has 0 radical (unpaired) electrons. The van der Waals surface area contributed by atoms with E-state index in [1.165, 1.54) is 12.7 Å². The maximum Gasteiger partial charge on any atom is 0.343 e. The van der Waals surface area contributed by atoms with E-state index < -0.39 is 5.97 Å². The van der Waals surface area contributed by atoms with E-state index in [0.717, 1.165) is 16.8 Å². The molecule has 1 N–H and O–H groups in total. The zero-order valence-electron chi connectivity index (χ0n) is 17.1. The summed E-state index contributed by atoms with van der Waals surface area (Å²) in [6, 6.07) is 13.7. The summed E-state index contributed by atoms with van der Waals surface area (Å²) >= 11 is 0. The normalized spacial score (nSPS) is 10.8. The number of methoxy groups -OCH3 is 1. The molecule has 0 spiro atoms. The second kappa shape index (κ2) is 9.23. The maximum absolute atomic E-state index is 11.2. The quantitative estimate of drug-likeness (QED) is 0.568. The smallest absolute Gasteiger partial charge is 0.343 e. The van der Waals surface area contributed by atoms with E-state index in [4.69, 9.17) is 9.26 Å². The first kappa shape index (κ1) is 20.4. The Bertz CT molecular complexity index is 964. The maximum atomic E-state index is 11.2. The lowest BCUT2D eigenvalue weighted by Gasteiger charge is -2.10. The van der Waals surface area contributed by atoms with Gasteiger partial charge in [0.05, 0.1) is 13.7 Å². The molecule has 1 heterocycles. The number of carbonyl (C=O) groups excluding carboxylic acids is 1. The molecule has 7 nitrogen and oxygen atoms in total. The Hall–Kier alpha value is -3.35. The third-order valence-electron chi connectivity index (χ3n) is 4.52. The van der Waals surface area contributed by atoms with Gasteiger partial charge in [0.2, 0.25) is 11.7 Å². The van der Waals surface area contributed by atoms with Crippen LogP contribution in [0.3, 0.4) is 0 Å². The highest BCUT2D eigenvalue weighted by molar-refractivity contribution is 5.71. The van der Waals surface area contributed by atoms with Crippen LogP contribution in [0.5, 0.6) is 5.75 Å². The van der Waals surface area contributed by atoms with Gasteiger partial charge in [-0.2, -0.15) is 4.98 Å². The van der Waals surface area contributed by atoms with Crippen molar-refractivity contribution < 1.29 is 18.8 Å². The molecule has 0 bridgehead atoms. The SMILES string of the molecule is COC(=O)COc1ccc(NCc2nc(-c3ccc(C(C)C)cc3)no2)c(C)c1. The number of carbonyl (C=O) groups is 1. The standard InChI is InChI=1S/C22H25N3O4/c1-14(2)16-5-7-17(8-6-16)22-24-20(29-25-22)12-23-19-10-9-18(11-15(19)3)28-13-21(26)27-4/h5-11,14,23H,12-13H2,1-4H3. The molecule has 0 fully saturated rings. The summed E-state index contributed by atoms with van der Waals surface area (Å²) in [6.45, 7) is 6.55. The van der Waals surface area contributed by atoms with Crippen molar-refractivity contribution in [3.8, 4) is 17.1 Å². The first-order valence-corrected chi connectivity index (χ1v) is 9.43. The number of anilines is 1. The van der Waals surface area contributed by atoms with Crippen LogP contribution in [-0.2, 0) is 16.1 Å². The van der Waals surface area contributed by atoms with Gasteiger partial charge in [-0.1, -0.05) is 43.3 Å². The summed E-state index contributed by atoms with van der Waals surface area (Å²) in [5.74, 6) is 1.73. The number of hydrogen-bond acceptors (Lipinski definition) is 7. The lowest BCUT2D eigenvalue weighted by molar-refractivity contribution is -0.142. The number of ether oxygens (including phenoxy) is 2. The van der Waals surface area contributed by atoms with E-state index in [0.29, 0.717) is 29.9 Å². The van der Waals surface area contributed by atoms with Crippen LogP contribution in [0.1, 0.15) is 36.8 Å². The van der Waals surface area contributed by atoms with Gasteiger partial charge in [-0.25, -0.2) is 4.79 Å². The molecular formula is C22H25N3O4. The van der Waals surface area contributed by atoms with Crippen LogP contribution in [-0.4, -0.2) is 29.8 Å². The number of esters is 1. The molecule has 0 saturated heterocycles. The number of aryl methyl sites for hydroxylation is 1. The Labute approximate surface area is 170 Å². The minimum absolute atomic E-state index is 0.119. The van der Waals surface area contributed by atoms with Gasteiger partial charge in [0, 0.05) is 11.3 Å². The summed E-state index contributed by atoms with van der Waals surface area (Å²) in [4.78, 5) is 15.6. The Kier molecular flexibility index (Phi) is 6.49. The topological polar surface area (TPSA) is 86.5 Å². The summed E-state index contributed by atoms with van der Waals surface area (Å²) in [5.41, 5.74) is 4.08. The van der Waals surface area contributed by atoms with Crippen LogP contribution >= 0.6 is 0 Å². The highest BCUT2D eigenvalue weighted by atomic mass is 16.6. The van der Waals surface area contributed by atoms with E-state index in [9.17, 15) is 4.79 Å². The molecule has 29 heavy (non-hydrogen) atoms. The molecule has 0 aliphatic carbocycles. The highest BCUT2D eigenvalue weighted by Gasteiger charge is 2.10. The first-order valence-electron chi connectivity index (χ1n) is 9.43. The molecule has 0 amide bonds. The zero-order chi connectivity index (χ0) is 20.8. The average Bonchev–Trinajstić information content (AvgIpc) is 3.20. The fourth-order valence-electron chi connectivity index (χ4n) is 2.76. The van der Waals surface area contributed by atoms with Gasteiger partial charge in [-0.3, -0.25) is 0 Å². The van der Waals surface area contributed by atoms with E-state index in [2.05, 4.69) is 46.2 Å². The lowest BCUT2D eigenvalue weighted by Crippen LogP contribution is -2.12. The van der Waals surface area contributed by atoms with Crippen molar-refractivity contribution in [1.82, 2.24) is 10.1 Å². The van der Waals surface area contributed by atoms with Crippen LogP contribution in [0.25, 0.3) is 11.4 Å². The Morgan fingerprint density at radius 2 is 1.93 bits per heavy atom. The van der Waals surface area contributed by atoms with Crippen LogP contribution in [0.4, 0.5) is 5.69 Å². The molecule has 0 unspecified atom stereocenters. The summed E-state index contributed by atoms with van der Waals surface area (Å²) in [6.07, 6.45) is 0. The molecular weight excluding hydrogens is 370 g/mol. The fraction of sp³-hybridized carbons (Fsp3) is 0.318. The highest BCUT2D eigenvalue weighted by Crippen LogP contribution is 2.23. The molecule has 3 aromatic rings. The average molecular weight is 395 g/mol. The number of benzene rings is 2. The summed E-state index contributed by atoms with van der Waals surface area (Å²) < 4.78 is 15.3. The lowest BCUT2D eigenvalue weighted by atomic mass is 10.0. The molecule has 7 heteroatoms. The summed E-state index contributed by atoms with van der Waals surface area (Å²) in [5, 5.41) is 7.35. The van der Waals surface area contributed by atoms with Gasteiger partial charge in [0.15, 0.2) is 6.61 Å². The van der Waals surface area contributed by atoms with Crippen molar-refractivity contribution >= 4 is 11.7 Å².